The van der Waals surface area contributed by atoms with Gasteiger partial charge in [-0.05, 0) is 35.2 Å². The van der Waals surface area contributed by atoms with Crippen molar-refractivity contribution in [1.82, 2.24) is 0 Å². The van der Waals surface area contributed by atoms with Gasteiger partial charge in [0.2, 0.25) is 0 Å². The third-order valence-corrected chi connectivity index (χ3v) is 7.24. The van der Waals surface area contributed by atoms with Gasteiger partial charge in [-0.1, -0.05) is 52.0 Å². The molecule has 2 saturated carbocycles. The standard InChI is InChI=1S/C19H26O2/c1-13-10-19(21-5)16(11-18(13,4)17(19,2)3)15-9-7-6-8-14(15)12-20/h6-9,12-13,16H,10-11H2,1-5H3. The minimum atomic E-state index is -0.166. The van der Waals surface area contributed by atoms with E-state index in [0.717, 1.165) is 30.3 Å². The quantitative estimate of drug-likeness (QED) is 0.768. The highest BCUT2D eigenvalue weighted by atomic mass is 16.5. The number of carbonyl (C=O) groups excluding carboxylic acids is 1. The van der Waals surface area contributed by atoms with E-state index in [2.05, 4.69) is 33.8 Å². The van der Waals surface area contributed by atoms with E-state index in [1.807, 2.05) is 25.3 Å². The topological polar surface area (TPSA) is 26.3 Å². The lowest BCUT2D eigenvalue weighted by atomic mass is 9.67. The largest absolute Gasteiger partial charge is 0.377 e. The maximum Gasteiger partial charge on any atom is 0.150 e. The predicted octanol–water partition coefficient (Wildman–Crippen LogP) is 4.44. The van der Waals surface area contributed by atoms with Crippen LogP contribution >= 0.6 is 0 Å². The fraction of sp³-hybridized carbons (Fsp3) is 0.632. The molecule has 0 heterocycles. The molecule has 4 unspecified atom stereocenters. The highest BCUT2D eigenvalue weighted by molar-refractivity contribution is 5.77. The maximum absolute atomic E-state index is 11.4. The van der Waals surface area contributed by atoms with E-state index in [0.29, 0.717) is 11.8 Å². The first-order valence-corrected chi connectivity index (χ1v) is 7.93. The lowest BCUT2D eigenvalue weighted by molar-refractivity contribution is -0.0856. The Hall–Kier alpha value is -1.15. The van der Waals surface area contributed by atoms with Gasteiger partial charge in [0, 0.05) is 18.6 Å². The second kappa shape index (κ2) is 4.42. The van der Waals surface area contributed by atoms with Gasteiger partial charge in [0.1, 0.15) is 6.29 Å². The van der Waals surface area contributed by atoms with Crippen LogP contribution in [-0.2, 0) is 4.74 Å². The molecule has 2 nitrogen and oxygen atoms in total. The molecule has 21 heavy (non-hydrogen) atoms. The average molecular weight is 286 g/mol. The number of hydrogen-bond donors (Lipinski definition) is 0. The summed E-state index contributed by atoms with van der Waals surface area (Å²) < 4.78 is 6.19. The molecule has 2 bridgehead atoms. The number of rotatable bonds is 3. The minimum Gasteiger partial charge on any atom is -0.377 e. The van der Waals surface area contributed by atoms with Crippen LogP contribution < -0.4 is 0 Å². The van der Waals surface area contributed by atoms with E-state index in [1.165, 1.54) is 0 Å². The summed E-state index contributed by atoms with van der Waals surface area (Å²) in [6, 6.07) is 8.02. The molecule has 0 saturated heterocycles. The molecule has 0 radical (unpaired) electrons. The van der Waals surface area contributed by atoms with E-state index in [4.69, 9.17) is 4.74 Å². The van der Waals surface area contributed by atoms with Crippen molar-refractivity contribution in [2.45, 2.75) is 52.1 Å². The number of aldehydes is 1. The van der Waals surface area contributed by atoms with Gasteiger partial charge in [-0.2, -0.15) is 0 Å². The second-order valence-electron chi connectivity index (χ2n) is 7.74. The van der Waals surface area contributed by atoms with Gasteiger partial charge >= 0.3 is 0 Å². The van der Waals surface area contributed by atoms with E-state index in [9.17, 15) is 4.79 Å². The van der Waals surface area contributed by atoms with Gasteiger partial charge in [-0.3, -0.25) is 4.79 Å². The summed E-state index contributed by atoms with van der Waals surface area (Å²) in [6.07, 6.45) is 3.16. The Morgan fingerprint density at radius 2 is 1.86 bits per heavy atom. The normalized spacial score (nSPS) is 40.4. The van der Waals surface area contributed by atoms with E-state index < -0.39 is 0 Å². The summed E-state index contributed by atoms with van der Waals surface area (Å²) in [5.41, 5.74) is 2.18. The fourth-order valence-corrected chi connectivity index (χ4v) is 5.44. The van der Waals surface area contributed by atoms with Gasteiger partial charge < -0.3 is 4.74 Å². The zero-order valence-corrected chi connectivity index (χ0v) is 13.8. The Balaban J connectivity index is 2.17. The molecule has 0 spiro atoms. The van der Waals surface area contributed by atoms with Crippen LogP contribution in [0, 0.1) is 16.7 Å². The number of hydrogen-bond acceptors (Lipinski definition) is 2. The monoisotopic (exact) mass is 286 g/mol. The lowest BCUT2D eigenvalue weighted by Gasteiger charge is -2.42. The molecule has 1 aromatic carbocycles. The van der Waals surface area contributed by atoms with Crippen molar-refractivity contribution in [2.75, 3.05) is 7.11 Å². The first-order valence-electron chi connectivity index (χ1n) is 7.93. The first kappa shape index (κ1) is 14.8. The van der Waals surface area contributed by atoms with Crippen LogP contribution in [0.3, 0.4) is 0 Å². The molecule has 2 aliphatic rings. The molecule has 3 rings (SSSR count). The van der Waals surface area contributed by atoms with Crippen molar-refractivity contribution in [2.24, 2.45) is 16.7 Å². The van der Waals surface area contributed by atoms with Crippen molar-refractivity contribution in [1.29, 1.82) is 0 Å². The van der Waals surface area contributed by atoms with Gasteiger partial charge in [0.25, 0.3) is 0 Å². The Morgan fingerprint density at radius 1 is 1.19 bits per heavy atom. The number of methoxy groups -OCH3 is 1. The van der Waals surface area contributed by atoms with Crippen LogP contribution in [0.2, 0.25) is 0 Å². The molecule has 0 aromatic heterocycles. The summed E-state index contributed by atoms with van der Waals surface area (Å²) in [5.74, 6) is 0.951. The van der Waals surface area contributed by atoms with Crippen molar-refractivity contribution < 1.29 is 9.53 Å². The molecule has 0 N–H and O–H groups in total. The molecule has 1 aromatic rings. The van der Waals surface area contributed by atoms with Crippen LogP contribution in [0.5, 0.6) is 0 Å². The minimum absolute atomic E-state index is 0.106. The zero-order chi connectivity index (χ0) is 15.5. The van der Waals surface area contributed by atoms with Crippen LogP contribution in [-0.4, -0.2) is 19.0 Å². The molecule has 4 atom stereocenters. The van der Waals surface area contributed by atoms with E-state index in [-0.39, 0.29) is 16.4 Å². The van der Waals surface area contributed by atoms with Crippen LogP contribution in [0.1, 0.15) is 62.4 Å². The van der Waals surface area contributed by atoms with Gasteiger partial charge in [0.15, 0.2) is 0 Å². The SMILES string of the molecule is COC12CC(C)C(C)(CC1c1ccccc1C=O)C2(C)C. The summed E-state index contributed by atoms with van der Waals surface area (Å²) in [6.45, 7) is 9.46. The molecular formula is C19H26O2. The molecule has 2 aliphatic carbocycles. The Bertz CT molecular complexity index is 577. The molecule has 2 fully saturated rings. The van der Waals surface area contributed by atoms with E-state index >= 15 is 0 Å². The molecule has 0 amide bonds. The summed E-state index contributed by atoms with van der Waals surface area (Å²) in [7, 11) is 1.85. The Morgan fingerprint density at radius 3 is 2.43 bits per heavy atom. The first-order chi connectivity index (χ1) is 9.84. The lowest BCUT2D eigenvalue weighted by Crippen LogP contribution is -2.44. The maximum atomic E-state index is 11.4. The van der Waals surface area contributed by atoms with Crippen molar-refractivity contribution in [3.8, 4) is 0 Å². The fourth-order valence-electron chi connectivity index (χ4n) is 5.44. The van der Waals surface area contributed by atoms with Gasteiger partial charge in [-0.25, -0.2) is 0 Å². The Kier molecular flexibility index (Phi) is 3.11. The smallest absolute Gasteiger partial charge is 0.150 e. The van der Waals surface area contributed by atoms with Crippen molar-refractivity contribution in [3.63, 3.8) is 0 Å². The van der Waals surface area contributed by atoms with Crippen LogP contribution in [0.4, 0.5) is 0 Å². The zero-order valence-electron chi connectivity index (χ0n) is 13.8. The number of benzene rings is 1. The average Bonchev–Trinajstić information content (AvgIpc) is 2.74. The molecular weight excluding hydrogens is 260 g/mol. The van der Waals surface area contributed by atoms with Crippen LogP contribution in [0.15, 0.2) is 24.3 Å². The Labute approximate surface area is 127 Å². The van der Waals surface area contributed by atoms with Gasteiger partial charge in [-0.15, -0.1) is 0 Å². The molecule has 2 heteroatoms. The molecule has 0 aliphatic heterocycles. The van der Waals surface area contributed by atoms with Gasteiger partial charge in [0.05, 0.1) is 5.60 Å². The highest BCUT2D eigenvalue weighted by Crippen LogP contribution is 2.75. The third-order valence-electron chi connectivity index (χ3n) is 7.24. The number of carbonyl (C=O) groups is 1. The number of fused-ring (bicyclic) bond motifs is 2. The summed E-state index contributed by atoms with van der Waals surface area (Å²) in [4.78, 5) is 11.4. The third kappa shape index (κ3) is 1.55. The summed E-state index contributed by atoms with van der Waals surface area (Å²) >= 11 is 0. The highest BCUT2D eigenvalue weighted by Gasteiger charge is 2.73. The van der Waals surface area contributed by atoms with Crippen LogP contribution in [0.25, 0.3) is 0 Å². The predicted molar refractivity (Wildman–Crippen MR) is 84.6 cm³/mol. The van der Waals surface area contributed by atoms with Crippen molar-refractivity contribution >= 4 is 6.29 Å². The number of ether oxygens (including phenoxy) is 1. The summed E-state index contributed by atoms with van der Waals surface area (Å²) in [5, 5.41) is 0. The molecule has 114 valence electrons. The second-order valence-corrected chi connectivity index (χ2v) is 7.74. The van der Waals surface area contributed by atoms with E-state index in [1.54, 1.807) is 0 Å². The van der Waals surface area contributed by atoms with Crippen molar-refractivity contribution in [3.05, 3.63) is 35.4 Å².